The van der Waals surface area contributed by atoms with Crippen molar-refractivity contribution in [3.05, 3.63) is 77.9 Å². The van der Waals surface area contributed by atoms with Crippen LogP contribution in [-0.2, 0) is 6.54 Å². The number of nitrogens with zero attached hydrogens (tertiary/aromatic N) is 2. The van der Waals surface area contributed by atoms with Crippen molar-refractivity contribution < 1.29 is 54.5 Å². The average Bonchev–Trinajstić information content (AvgIpc) is 3.30. The summed E-state index contributed by atoms with van der Waals surface area (Å²) in [5.41, 5.74) is 4.84. The summed E-state index contributed by atoms with van der Waals surface area (Å²) in [5.74, 6) is -17.9. The molecule has 1 heterocycles. The number of phenols is 2. The molecule has 50 heavy (non-hydrogen) atoms. The molecule has 0 atom stereocenters. The number of fused-ring (bicyclic) bond motifs is 1. The molecule has 0 aliphatic rings. The highest BCUT2D eigenvalue weighted by Gasteiger charge is 2.81. The van der Waals surface area contributed by atoms with Gasteiger partial charge < -0.3 is 24.4 Å². The number of alkyl halides is 9. The number of rotatable bonds is 17. The van der Waals surface area contributed by atoms with Gasteiger partial charge in [0.05, 0.1) is 5.69 Å². The number of unbranched alkanes of at least 4 members (excludes halogenated alkanes) is 4. The van der Waals surface area contributed by atoms with E-state index >= 15 is 0 Å². The zero-order chi connectivity index (χ0) is 36.9. The third-order valence-electron chi connectivity index (χ3n) is 8.69. The molecule has 14 heteroatoms. The fraction of sp³-hybridized carbons (Fsp3) is 0.444. The van der Waals surface area contributed by atoms with Crippen molar-refractivity contribution in [1.82, 2.24) is 9.47 Å². The van der Waals surface area contributed by atoms with E-state index in [1.807, 2.05) is 61.3 Å². The minimum absolute atomic E-state index is 0.0199. The zero-order valence-electron chi connectivity index (χ0n) is 27.5. The third kappa shape index (κ3) is 8.62. The highest BCUT2D eigenvalue weighted by atomic mass is 19.4. The normalized spacial score (nSPS) is 13.0. The molecule has 3 aromatic carbocycles. The van der Waals surface area contributed by atoms with Crippen LogP contribution >= 0.6 is 0 Å². The molecule has 0 aliphatic carbocycles. The summed E-state index contributed by atoms with van der Waals surface area (Å²) < 4.78 is 125. The maximum Gasteiger partial charge on any atom is 0.460 e. The zero-order valence-corrected chi connectivity index (χ0v) is 27.5. The van der Waals surface area contributed by atoms with E-state index in [2.05, 4.69) is 4.57 Å². The van der Waals surface area contributed by atoms with Gasteiger partial charge in [0.25, 0.3) is 0 Å². The summed E-state index contributed by atoms with van der Waals surface area (Å²) in [6.07, 6.45) is -7.74. The number of likely N-dealkylation sites (N-methyl/N-ethyl adjacent to an activating group) is 1. The maximum atomic E-state index is 13.6. The van der Waals surface area contributed by atoms with Crippen LogP contribution < -0.4 is 4.74 Å². The van der Waals surface area contributed by atoms with E-state index < -0.39 is 36.8 Å². The number of aromatic hydroxyl groups is 2. The topological polar surface area (TPSA) is 57.9 Å². The predicted octanol–water partition coefficient (Wildman–Crippen LogP) is 10.2. The first-order valence-electron chi connectivity index (χ1n) is 16.1. The molecule has 1 aromatic heterocycles. The van der Waals surface area contributed by atoms with Gasteiger partial charge >= 0.3 is 23.9 Å². The van der Waals surface area contributed by atoms with Gasteiger partial charge in [0.1, 0.15) is 23.9 Å². The Labute approximate surface area is 283 Å². The van der Waals surface area contributed by atoms with E-state index in [0.29, 0.717) is 51.3 Å². The van der Waals surface area contributed by atoms with E-state index in [-0.39, 0.29) is 17.9 Å². The van der Waals surface area contributed by atoms with Gasteiger partial charge in [-0.05, 0) is 105 Å². The molecule has 0 saturated heterocycles. The fourth-order valence-electron chi connectivity index (χ4n) is 5.79. The van der Waals surface area contributed by atoms with Crippen molar-refractivity contribution in [3.63, 3.8) is 0 Å². The first-order valence-corrected chi connectivity index (χ1v) is 16.1. The lowest BCUT2D eigenvalue weighted by molar-refractivity contribution is -0.396. The average molecular weight is 719 g/mol. The number of phenolic OH excluding ortho intramolecular Hbond substituents is 2. The molecule has 0 unspecified atom stereocenters. The highest BCUT2D eigenvalue weighted by molar-refractivity contribution is 5.92. The Bertz CT molecular complexity index is 1700. The second kappa shape index (κ2) is 15.4. The van der Waals surface area contributed by atoms with Gasteiger partial charge in [-0.25, -0.2) is 0 Å². The number of hydrogen-bond acceptors (Lipinski definition) is 4. The van der Waals surface area contributed by atoms with Crippen LogP contribution in [0.5, 0.6) is 17.2 Å². The van der Waals surface area contributed by atoms with E-state index in [0.717, 1.165) is 33.3 Å². The Hall–Kier alpha value is -4.07. The van der Waals surface area contributed by atoms with Crippen LogP contribution in [0.3, 0.4) is 0 Å². The molecule has 0 amide bonds. The SMILES string of the molecule is Cc1c(-c2ccc(O)cc2)n(Cc2ccc(OCCN(C)CCCCCCCC(F)(F)C(F)(F)C(F)(F)C(F)(F)F)cc2)c2ccc(O)cc12. The largest absolute Gasteiger partial charge is 0.508 e. The van der Waals surface area contributed by atoms with E-state index in [9.17, 15) is 49.7 Å². The molecular weight excluding hydrogens is 679 g/mol. The van der Waals surface area contributed by atoms with E-state index in [1.54, 1.807) is 24.3 Å². The lowest BCUT2D eigenvalue weighted by Crippen LogP contribution is -2.60. The van der Waals surface area contributed by atoms with E-state index in [4.69, 9.17) is 4.74 Å². The fourth-order valence-corrected chi connectivity index (χ4v) is 5.79. The van der Waals surface area contributed by atoms with Crippen LogP contribution in [-0.4, -0.2) is 70.4 Å². The quantitative estimate of drug-likeness (QED) is 0.0843. The lowest BCUT2D eigenvalue weighted by atomic mass is 9.98. The summed E-state index contributed by atoms with van der Waals surface area (Å²) in [4.78, 5) is 1.98. The number of aromatic nitrogens is 1. The number of aryl methyl sites for hydroxylation is 1. The Morgan fingerprint density at radius 3 is 1.94 bits per heavy atom. The predicted molar refractivity (Wildman–Crippen MR) is 173 cm³/mol. The monoisotopic (exact) mass is 718 g/mol. The summed E-state index contributed by atoms with van der Waals surface area (Å²) in [6.45, 7) is 4.08. The van der Waals surface area contributed by atoms with Crippen molar-refractivity contribution >= 4 is 10.9 Å². The van der Waals surface area contributed by atoms with E-state index in [1.165, 1.54) is 0 Å². The number of hydrogen-bond donors (Lipinski definition) is 2. The van der Waals surface area contributed by atoms with Crippen molar-refractivity contribution in [1.29, 1.82) is 0 Å². The van der Waals surface area contributed by atoms with Gasteiger partial charge in [-0.3, -0.25) is 0 Å². The van der Waals surface area contributed by atoms with Crippen LogP contribution in [0.15, 0.2) is 66.7 Å². The molecular formula is C36H39F9N2O3. The summed E-state index contributed by atoms with van der Waals surface area (Å²) in [6, 6.07) is 19.9. The standard InChI is InChI=1S/C36H39F9N2O3/c1-24-30-22-28(49)14-17-31(30)47(32(24)26-10-12-27(48)13-11-26)23-25-8-15-29(16-9-25)50-21-20-46(2)19-7-5-3-4-6-18-33(37,38)34(39,40)35(41,42)36(43,44)45/h8-17,22,48-49H,3-7,18-21,23H2,1-2H3. The van der Waals surface area contributed by atoms with Crippen LogP contribution in [0.1, 0.15) is 49.7 Å². The van der Waals surface area contributed by atoms with Crippen molar-refractivity contribution in [3.8, 4) is 28.5 Å². The molecule has 0 spiro atoms. The number of benzene rings is 3. The summed E-state index contributed by atoms with van der Waals surface area (Å²) in [5, 5.41) is 20.8. The van der Waals surface area contributed by atoms with Crippen molar-refractivity contribution in [2.45, 2.75) is 75.9 Å². The summed E-state index contributed by atoms with van der Waals surface area (Å²) >= 11 is 0. The minimum atomic E-state index is -6.84. The Morgan fingerprint density at radius 2 is 1.30 bits per heavy atom. The van der Waals surface area contributed by atoms with Crippen molar-refractivity contribution in [2.75, 3.05) is 26.7 Å². The molecule has 0 saturated carbocycles. The minimum Gasteiger partial charge on any atom is -0.508 e. The molecule has 0 fully saturated rings. The molecule has 0 bridgehead atoms. The van der Waals surface area contributed by atoms with Crippen LogP contribution in [0.25, 0.3) is 22.2 Å². The smallest absolute Gasteiger partial charge is 0.460 e. The molecule has 274 valence electrons. The van der Waals surface area contributed by atoms with Gasteiger partial charge in [0.15, 0.2) is 0 Å². The molecule has 5 nitrogen and oxygen atoms in total. The highest BCUT2D eigenvalue weighted by Crippen LogP contribution is 2.54. The first-order chi connectivity index (χ1) is 23.4. The van der Waals surface area contributed by atoms with Gasteiger partial charge in [0, 0.05) is 30.4 Å². The Morgan fingerprint density at radius 1 is 0.700 bits per heavy atom. The van der Waals surface area contributed by atoms with Crippen LogP contribution in [0.4, 0.5) is 39.5 Å². The Balaban J connectivity index is 1.20. The second-order valence-electron chi connectivity index (χ2n) is 12.5. The molecule has 0 aliphatic heterocycles. The number of halogens is 9. The third-order valence-corrected chi connectivity index (χ3v) is 8.69. The number of ether oxygens (including phenoxy) is 1. The molecule has 0 radical (unpaired) electrons. The second-order valence-corrected chi connectivity index (χ2v) is 12.5. The maximum absolute atomic E-state index is 13.6. The first kappa shape index (κ1) is 38.7. The summed E-state index contributed by atoms with van der Waals surface area (Å²) in [7, 11) is 1.85. The van der Waals surface area contributed by atoms with Crippen LogP contribution in [0.2, 0.25) is 0 Å². The van der Waals surface area contributed by atoms with Gasteiger partial charge in [0.2, 0.25) is 0 Å². The van der Waals surface area contributed by atoms with Gasteiger partial charge in [-0.2, -0.15) is 39.5 Å². The van der Waals surface area contributed by atoms with Gasteiger partial charge in [-0.1, -0.05) is 31.4 Å². The molecule has 4 aromatic rings. The van der Waals surface area contributed by atoms with Crippen molar-refractivity contribution in [2.24, 2.45) is 0 Å². The van der Waals surface area contributed by atoms with Crippen LogP contribution in [0, 0.1) is 6.92 Å². The lowest BCUT2D eigenvalue weighted by Gasteiger charge is -2.33. The molecule has 2 N–H and O–H groups in total. The molecule has 4 rings (SSSR count). The van der Waals surface area contributed by atoms with Gasteiger partial charge in [-0.15, -0.1) is 0 Å². The Kier molecular flexibility index (Phi) is 12.0.